The van der Waals surface area contributed by atoms with Crippen LogP contribution in [-0.4, -0.2) is 14.9 Å². The third-order valence-electron chi connectivity index (χ3n) is 3.53. The predicted octanol–water partition coefficient (Wildman–Crippen LogP) is 4.47. The fourth-order valence-electron chi connectivity index (χ4n) is 2.47. The van der Waals surface area contributed by atoms with Crippen molar-refractivity contribution in [1.82, 2.24) is 9.78 Å². The molecule has 1 heterocycles. The number of hydrogen-bond acceptors (Lipinski definition) is 2. The van der Waals surface area contributed by atoms with Crippen molar-refractivity contribution in [2.45, 2.75) is 46.3 Å². The van der Waals surface area contributed by atoms with E-state index in [9.17, 15) is 5.11 Å². The molecule has 2 rings (SSSR count). The Balaban J connectivity index is 2.30. The molecule has 0 aliphatic carbocycles. The first-order chi connectivity index (χ1) is 9.96. The molecule has 0 aliphatic heterocycles. The van der Waals surface area contributed by atoms with E-state index in [1.165, 1.54) is 0 Å². The number of aliphatic hydroxyl groups is 1. The smallest absolute Gasteiger partial charge is 0.0846 e. The van der Waals surface area contributed by atoms with Crippen molar-refractivity contribution in [3.8, 4) is 0 Å². The van der Waals surface area contributed by atoms with Gasteiger partial charge in [-0.25, -0.2) is 0 Å². The van der Waals surface area contributed by atoms with Gasteiger partial charge < -0.3 is 5.11 Å². The molecule has 1 N–H and O–H groups in total. The normalized spacial score (nSPS) is 12.7. The predicted molar refractivity (Wildman–Crippen MR) is 89.8 cm³/mol. The molecule has 1 atom stereocenters. The van der Waals surface area contributed by atoms with Gasteiger partial charge in [-0.2, -0.15) is 5.10 Å². The second-order valence-corrected chi connectivity index (χ2v) is 6.39. The standard InChI is InChI=1S/C16H20BrClN2O/c1-4-13-16(17)14(20(5-2)19-13)9-15(21)11-6-10(3)7-12(18)8-11/h6-8,15,21H,4-5,9H2,1-3H3. The third-order valence-corrected chi connectivity index (χ3v) is 4.66. The minimum atomic E-state index is -0.592. The van der Waals surface area contributed by atoms with Crippen LogP contribution in [0.25, 0.3) is 0 Å². The van der Waals surface area contributed by atoms with Gasteiger partial charge in [0.25, 0.3) is 0 Å². The van der Waals surface area contributed by atoms with Gasteiger partial charge in [-0.05, 0) is 59.5 Å². The summed E-state index contributed by atoms with van der Waals surface area (Å²) in [5.74, 6) is 0. The Kier molecular flexibility index (Phi) is 5.47. The van der Waals surface area contributed by atoms with E-state index in [0.29, 0.717) is 11.4 Å². The number of nitrogens with zero attached hydrogens (tertiary/aromatic N) is 2. The zero-order valence-corrected chi connectivity index (χ0v) is 14.9. The molecule has 1 aromatic carbocycles. The molecule has 0 amide bonds. The van der Waals surface area contributed by atoms with Gasteiger partial charge in [0.15, 0.2) is 0 Å². The topological polar surface area (TPSA) is 38.0 Å². The van der Waals surface area contributed by atoms with Crippen molar-refractivity contribution in [1.29, 1.82) is 0 Å². The Morgan fingerprint density at radius 1 is 1.33 bits per heavy atom. The van der Waals surface area contributed by atoms with E-state index in [0.717, 1.165) is 40.0 Å². The molecule has 5 heteroatoms. The van der Waals surface area contributed by atoms with E-state index in [-0.39, 0.29) is 0 Å². The van der Waals surface area contributed by atoms with E-state index >= 15 is 0 Å². The molecule has 0 saturated carbocycles. The molecule has 0 aliphatic rings. The maximum atomic E-state index is 10.5. The lowest BCUT2D eigenvalue weighted by molar-refractivity contribution is 0.175. The molecule has 0 bridgehead atoms. The van der Waals surface area contributed by atoms with Gasteiger partial charge in [-0.1, -0.05) is 24.6 Å². The van der Waals surface area contributed by atoms with Crippen LogP contribution in [0.5, 0.6) is 0 Å². The second-order valence-electron chi connectivity index (χ2n) is 5.16. The largest absolute Gasteiger partial charge is 0.388 e. The summed E-state index contributed by atoms with van der Waals surface area (Å²) in [5, 5.41) is 15.7. The van der Waals surface area contributed by atoms with Crippen molar-refractivity contribution in [2.75, 3.05) is 0 Å². The van der Waals surface area contributed by atoms with Gasteiger partial charge in [0.1, 0.15) is 0 Å². The third kappa shape index (κ3) is 3.68. The Morgan fingerprint density at radius 3 is 2.62 bits per heavy atom. The van der Waals surface area contributed by atoms with Crippen LogP contribution in [0.1, 0.15) is 42.5 Å². The number of aryl methyl sites for hydroxylation is 3. The monoisotopic (exact) mass is 370 g/mol. The van der Waals surface area contributed by atoms with Gasteiger partial charge in [0.05, 0.1) is 22.0 Å². The summed E-state index contributed by atoms with van der Waals surface area (Å²) >= 11 is 9.69. The van der Waals surface area contributed by atoms with Gasteiger partial charge in [0.2, 0.25) is 0 Å². The zero-order chi connectivity index (χ0) is 15.6. The highest BCUT2D eigenvalue weighted by atomic mass is 79.9. The highest BCUT2D eigenvalue weighted by Crippen LogP contribution is 2.28. The van der Waals surface area contributed by atoms with Crippen LogP contribution >= 0.6 is 27.5 Å². The highest BCUT2D eigenvalue weighted by molar-refractivity contribution is 9.10. The molecule has 1 aromatic heterocycles. The van der Waals surface area contributed by atoms with E-state index in [4.69, 9.17) is 11.6 Å². The SMILES string of the molecule is CCc1nn(CC)c(CC(O)c2cc(C)cc(Cl)c2)c1Br. The van der Waals surface area contributed by atoms with Gasteiger partial charge in [0, 0.05) is 18.0 Å². The zero-order valence-electron chi connectivity index (χ0n) is 12.5. The molecule has 0 fully saturated rings. The Hall–Kier alpha value is -0.840. The molecule has 0 radical (unpaired) electrons. The maximum absolute atomic E-state index is 10.5. The Morgan fingerprint density at radius 2 is 2.05 bits per heavy atom. The van der Waals surface area contributed by atoms with Crippen molar-refractivity contribution in [3.05, 3.63) is 50.2 Å². The van der Waals surface area contributed by atoms with Crippen LogP contribution < -0.4 is 0 Å². The van der Waals surface area contributed by atoms with E-state index in [2.05, 4.69) is 34.9 Å². The van der Waals surface area contributed by atoms with Crippen LogP contribution in [0.3, 0.4) is 0 Å². The van der Waals surface area contributed by atoms with Crippen molar-refractivity contribution >= 4 is 27.5 Å². The minimum Gasteiger partial charge on any atom is -0.388 e. The summed E-state index contributed by atoms with van der Waals surface area (Å²) < 4.78 is 2.95. The quantitative estimate of drug-likeness (QED) is 0.842. The minimum absolute atomic E-state index is 0.515. The number of halogens is 2. The number of benzene rings is 1. The summed E-state index contributed by atoms with van der Waals surface area (Å²) in [4.78, 5) is 0. The van der Waals surface area contributed by atoms with E-state index in [1.54, 1.807) is 0 Å². The van der Waals surface area contributed by atoms with Crippen molar-refractivity contribution < 1.29 is 5.11 Å². The number of aliphatic hydroxyl groups excluding tert-OH is 1. The molecule has 3 nitrogen and oxygen atoms in total. The van der Waals surface area contributed by atoms with E-state index < -0.39 is 6.10 Å². The average molecular weight is 372 g/mol. The molecule has 0 saturated heterocycles. The lowest BCUT2D eigenvalue weighted by atomic mass is 10.0. The molecule has 2 aromatic rings. The lowest BCUT2D eigenvalue weighted by Crippen LogP contribution is -2.09. The van der Waals surface area contributed by atoms with Crippen molar-refractivity contribution in [3.63, 3.8) is 0 Å². The van der Waals surface area contributed by atoms with Crippen LogP contribution in [0.4, 0.5) is 0 Å². The Labute approximate surface area is 139 Å². The first-order valence-electron chi connectivity index (χ1n) is 7.15. The van der Waals surface area contributed by atoms with Crippen LogP contribution in [0.2, 0.25) is 5.02 Å². The fourth-order valence-corrected chi connectivity index (χ4v) is 3.49. The highest BCUT2D eigenvalue weighted by Gasteiger charge is 2.18. The fraction of sp³-hybridized carbons (Fsp3) is 0.438. The summed E-state index contributed by atoms with van der Waals surface area (Å²) in [6.45, 7) is 6.89. The maximum Gasteiger partial charge on any atom is 0.0846 e. The summed E-state index contributed by atoms with van der Waals surface area (Å²) in [6.07, 6.45) is 0.791. The van der Waals surface area contributed by atoms with Gasteiger partial charge in [-0.3, -0.25) is 4.68 Å². The molecule has 0 spiro atoms. The van der Waals surface area contributed by atoms with Gasteiger partial charge >= 0.3 is 0 Å². The van der Waals surface area contributed by atoms with Crippen LogP contribution in [0.15, 0.2) is 22.7 Å². The molecule has 21 heavy (non-hydrogen) atoms. The summed E-state index contributed by atoms with van der Waals surface area (Å²) in [7, 11) is 0. The van der Waals surface area contributed by atoms with Crippen molar-refractivity contribution in [2.24, 2.45) is 0 Å². The average Bonchev–Trinajstić information content (AvgIpc) is 2.74. The molecule has 114 valence electrons. The first kappa shape index (κ1) is 16.5. The van der Waals surface area contributed by atoms with Gasteiger partial charge in [-0.15, -0.1) is 0 Å². The van der Waals surface area contributed by atoms with E-state index in [1.807, 2.05) is 29.8 Å². The van der Waals surface area contributed by atoms with Crippen LogP contribution in [0, 0.1) is 6.92 Å². The number of rotatable bonds is 5. The second kappa shape index (κ2) is 6.95. The summed E-state index contributed by atoms with van der Waals surface area (Å²) in [6, 6.07) is 5.68. The first-order valence-corrected chi connectivity index (χ1v) is 8.32. The number of aromatic nitrogens is 2. The van der Waals surface area contributed by atoms with Crippen LogP contribution in [-0.2, 0) is 19.4 Å². The molecular formula is C16H20BrClN2O. The molecular weight excluding hydrogens is 352 g/mol. The lowest BCUT2D eigenvalue weighted by Gasteiger charge is -2.14. The Bertz CT molecular complexity index is 619. The molecule has 1 unspecified atom stereocenters. The summed E-state index contributed by atoms with van der Waals surface area (Å²) in [5.41, 5.74) is 3.95. The number of hydrogen-bond donors (Lipinski definition) is 1.